The Labute approximate surface area is 152 Å². The molecular formula is C20H22N2O4. The maximum atomic E-state index is 12.7. The molecule has 2 unspecified atom stereocenters. The van der Waals surface area contributed by atoms with Crippen molar-refractivity contribution in [2.24, 2.45) is 5.92 Å². The molecule has 3 N–H and O–H groups in total. The Morgan fingerprint density at radius 2 is 1.73 bits per heavy atom. The molecule has 0 saturated heterocycles. The maximum absolute atomic E-state index is 12.7. The second-order valence-corrected chi connectivity index (χ2v) is 6.56. The highest BCUT2D eigenvalue weighted by Crippen LogP contribution is 2.44. The van der Waals surface area contributed by atoms with E-state index in [0.29, 0.717) is 23.4 Å². The number of amides is 1. The molecule has 2 aromatic carbocycles. The summed E-state index contributed by atoms with van der Waals surface area (Å²) in [5.74, 6) is -0.305. The zero-order valence-corrected chi connectivity index (χ0v) is 15.0. The van der Waals surface area contributed by atoms with Crippen LogP contribution in [0.25, 0.3) is 11.1 Å². The minimum atomic E-state index is -0.938. The number of carbonyl (C=O) groups is 2. The van der Waals surface area contributed by atoms with Crippen molar-refractivity contribution in [3.8, 4) is 16.9 Å². The fraction of sp³-hybridized carbons (Fsp3) is 0.300. The second-order valence-electron chi connectivity index (χ2n) is 6.56. The SMILES string of the molecule is COC(=O)C1(NC(=O)c2ccc(-c3ccc(N)cc3)cc2OC)CC1C. The molecular weight excluding hydrogens is 332 g/mol. The van der Waals surface area contributed by atoms with Crippen molar-refractivity contribution in [3.63, 3.8) is 0 Å². The molecule has 0 radical (unpaired) electrons. The van der Waals surface area contributed by atoms with Crippen LogP contribution in [0.2, 0.25) is 0 Å². The fourth-order valence-corrected chi connectivity index (χ4v) is 3.12. The molecule has 2 atom stereocenters. The average molecular weight is 354 g/mol. The Morgan fingerprint density at radius 3 is 2.27 bits per heavy atom. The monoisotopic (exact) mass is 354 g/mol. The Kier molecular flexibility index (Phi) is 4.59. The molecule has 1 aliphatic rings. The van der Waals surface area contributed by atoms with E-state index in [1.165, 1.54) is 14.2 Å². The summed E-state index contributed by atoms with van der Waals surface area (Å²) in [4.78, 5) is 24.7. The Morgan fingerprint density at radius 1 is 1.12 bits per heavy atom. The van der Waals surface area contributed by atoms with E-state index in [0.717, 1.165) is 11.1 Å². The van der Waals surface area contributed by atoms with Gasteiger partial charge in [-0.05, 0) is 47.7 Å². The number of nitrogen functional groups attached to an aromatic ring is 1. The van der Waals surface area contributed by atoms with Crippen LogP contribution in [0.1, 0.15) is 23.7 Å². The quantitative estimate of drug-likeness (QED) is 0.636. The van der Waals surface area contributed by atoms with Gasteiger partial charge in [0.2, 0.25) is 0 Å². The van der Waals surface area contributed by atoms with Gasteiger partial charge in [-0.1, -0.05) is 25.1 Å². The van der Waals surface area contributed by atoms with Crippen LogP contribution in [0, 0.1) is 5.92 Å². The lowest BCUT2D eigenvalue weighted by atomic mass is 10.0. The number of methoxy groups -OCH3 is 2. The molecule has 6 nitrogen and oxygen atoms in total. The summed E-state index contributed by atoms with van der Waals surface area (Å²) in [6.45, 7) is 1.90. The Balaban J connectivity index is 1.87. The highest BCUT2D eigenvalue weighted by atomic mass is 16.5. The highest BCUT2D eigenvalue weighted by Gasteiger charge is 2.59. The van der Waals surface area contributed by atoms with E-state index >= 15 is 0 Å². The number of hydrogen-bond acceptors (Lipinski definition) is 5. The molecule has 1 saturated carbocycles. The standard InChI is InChI=1S/C20H22N2O4/c1-12-11-20(12,19(24)26-3)22-18(23)16-9-6-14(10-17(16)25-2)13-4-7-15(21)8-5-13/h4-10,12H,11,21H2,1-3H3,(H,22,23). The van der Waals surface area contributed by atoms with E-state index in [4.69, 9.17) is 15.2 Å². The molecule has 1 fully saturated rings. The van der Waals surface area contributed by atoms with Gasteiger partial charge in [0.05, 0.1) is 19.8 Å². The van der Waals surface area contributed by atoms with Gasteiger partial charge in [-0.2, -0.15) is 0 Å². The number of ether oxygens (including phenoxy) is 2. The first-order chi connectivity index (χ1) is 12.4. The third-order valence-electron chi connectivity index (χ3n) is 4.89. The van der Waals surface area contributed by atoms with Crippen LogP contribution in [-0.4, -0.2) is 31.6 Å². The maximum Gasteiger partial charge on any atom is 0.331 e. The van der Waals surface area contributed by atoms with Gasteiger partial charge in [0, 0.05) is 5.69 Å². The van der Waals surface area contributed by atoms with Crippen molar-refractivity contribution in [1.29, 1.82) is 0 Å². The van der Waals surface area contributed by atoms with Gasteiger partial charge >= 0.3 is 5.97 Å². The zero-order chi connectivity index (χ0) is 18.9. The molecule has 136 valence electrons. The summed E-state index contributed by atoms with van der Waals surface area (Å²) >= 11 is 0. The van der Waals surface area contributed by atoms with Crippen molar-refractivity contribution in [2.75, 3.05) is 20.0 Å². The summed E-state index contributed by atoms with van der Waals surface area (Å²) in [6.07, 6.45) is 0.567. The lowest BCUT2D eigenvalue weighted by Gasteiger charge is -2.18. The van der Waals surface area contributed by atoms with Gasteiger partial charge in [0.1, 0.15) is 11.3 Å². The van der Waals surface area contributed by atoms with Gasteiger partial charge in [0.15, 0.2) is 0 Å². The molecule has 2 aromatic rings. The van der Waals surface area contributed by atoms with Crippen molar-refractivity contribution >= 4 is 17.6 Å². The van der Waals surface area contributed by atoms with Crippen molar-refractivity contribution in [2.45, 2.75) is 18.9 Å². The van der Waals surface area contributed by atoms with E-state index in [2.05, 4.69) is 5.32 Å². The van der Waals surface area contributed by atoms with E-state index in [-0.39, 0.29) is 11.8 Å². The van der Waals surface area contributed by atoms with Gasteiger partial charge in [-0.15, -0.1) is 0 Å². The van der Waals surface area contributed by atoms with Crippen LogP contribution in [-0.2, 0) is 9.53 Å². The molecule has 1 aliphatic carbocycles. The third-order valence-corrected chi connectivity index (χ3v) is 4.89. The van der Waals surface area contributed by atoms with Crippen LogP contribution >= 0.6 is 0 Å². The smallest absolute Gasteiger partial charge is 0.331 e. The minimum absolute atomic E-state index is 0.0407. The summed E-state index contributed by atoms with van der Waals surface area (Å²) in [6, 6.07) is 12.8. The molecule has 0 aliphatic heterocycles. The van der Waals surface area contributed by atoms with E-state index in [9.17, 15) is 9.59 Å². The number of rotatable bonds is 5. The molecule has 0 aromatic heterocycles. The first-order valence-electron chi connectivity index (χ1n) is 8.36. The van der Waals surface area contributed by atoms with E-state index < -0.39 is 11.5 Å². The zero-order valence-electron chi connectivity index (χ0n) is 15.0. The number of hydrogen-bond donors (Lipinski definition) is 2. The van der Waals surface area contributed by atoms with Crippen LogP contribution in [0.5, 0.6) is 5.75 Å². The molecule has 6 heteroatoms. The van der Waals surface area contributed by atoms with Gasteiger partial charge in [0.25, 0.3) is 5.91 Å². The number of esters is 1. The van der Waals surface area contributed by atoms with Crippen LogP contribution in [0.15, 0.2) is 42.5 Å². The summed E-state index contributed by atoms with van der Waals surface area (Å²) in [7, 11) is 2.83. The van der Waals surface area contributed by atoms with E-state index in [1.54, 1.807) is 12.1 Å². The molecule has 3 rings (SSSR count). The molecule has 26 heavy (non-hydrogen) atoms. The number of benzene rings is 2. The predicted octanol–water partition coefficient (Wildman–Crippen LogP) is 2.63. The van der Waals surface area contributed by atoms with Crippen LogP contribution < -0.4 is 15.8 Å². The Bertz CT molecular complexity index is 847. The normalized spacial score (nSPS) is 21.0. The number of carbonyl (C=O) groups excluding carboxylic acids is 2. The van der Waals surface area contributed by atoms with E-state index in [1.807, 2.05) is 37.3 Å². The topological polar surface area (TPSA) is 90.7 Å². The molecule has 0 heterocycles. The first kappa shape index (κ1) is 17.8. The molecule has 0 bridgehead atoms. The Hall–Kier alpha value is -3.02. The van der Waals surface area contributed by atoms with Crippen molar-refractivity contribution < 1.29 is 19.1 Å². The molecule has 1 amide bonds. The number of nitrogens with one attached hydrogen (secondary N) is 1. The largest absolute Gasteiger partial charge is 0.496 e. The first-order valence-corrected chi connectivity index (χ1v) is 8.36. The highest BCUT2D eigenvalue weighted by molar-refractivity contribution is 6.01. The number of nitrogens with two attached hydrogens (primary N) is 1. The van der Waals surface area contributed by atoms with Crippen LogP contribution in [0.3, 0.4) is 0 Å². The lowest BCUT2D eigenvalue weighted by molar-refractivity contribution is -0.144. The van der Waals surface area contributed by atoms with Gasteiger partial charge < -0.3 is 20.5 Å². The summed E-state index contributed by atoms with van der Waals surface area (Å²) in [5, 5.41) is 2.82. The number of anilines is 1. The lowest BCUT2D eigenvalue weighted by Crippen LogP contribution is -2.45. The van der Waals surface area contributed by atoms with Crippen molar-refractivity contribution in [3.05, 3.63) is 48.0 Å². The summed E-state index contributed by atoms with van der Waals surface area (Å²) < 4.78 is 10.2. The fourth-order valence-electron chi connectivity index (χ4n) is 3.12. The third kappa shape index (κ3) is 3.10. The van der Waals surface area contributed by atoms with Crippen LogP contribution in [0.4, 0.5) is 5.69 Å². The predicted molar refractivity (Wildman–Crippen MR) is 98.8 cm³/mol. The second kappa shape index (κ2) is 6.71. The van der Waals surface area contributed by atoms with Crippen molar-refractivity contribution in [1.82, 2.24) is 5.32 Å². The van der Waals surface area contributed by atoms with Gasteiger partial charge in [-0.3, -0.25) is 4.79 Å². The summed E-state index contributed by atoms with van der Waals surface area (Å²) in [5.41, 5.74) is 7.70. The molecule has 0 spiro atoms. The van der Waals surface area contributed by atoms with Gasteiger partial charge in [-0.25, -0.2) is 4.79 Å². The average Bonchev–Trinajstić information content (AvgIpc) is 3.31. The minimum Gasteiger partial charge on any atom is -0.496 e.